The van der Waals surface area contributed by atoms with E-state index in [1.165, 1.54) is 26.0 Å². The van der Waals surface area contributed by atoms with Crippen molar-refractivity contribution in [3.8, 4) is 5.75 Å². The minimum Gasteiger partial charge on any atom is -0.465 e. The number of aromatic amines is 1. The number of H-pyrrole nitrogens is 1. The molecule has 3 N–H and O–H groups in total. The minimum atomic E-state index is -4.29. The number of para-hydroxylation sites is 1. The third-order valence-corrected chi connectivity index (χ3v) is 7.29. The van der Waals surface area contributed by atoms with Crippen LogP contribution in [-0.2, 0) is 23.4 Å². The largest absolute Gasteiger partial charge is 0.465 e. The van der Waals surface area contributed by atoms with Gasteiger partial charge in [-0.2, -0.15) is 5.09 Å². The topological polar surface area (TPSA) is 207 Å². The second kappa shape index (κ2) is 12.4. The van der Waals surface area contributed by atoms with E-state index in [0.717, 1.165) is 16.8 Å². The second-order valence-corrected chi connectivity index (χ2v) is 10.3. The van der Waals surface area contributed by atoms with Gasteiger partial charge in [-0.25, -0.2) is 9.36 Å². The number of esters is 1. The van der Waals surface area contributed by atoms with Crippen molar-refractivity contribution in [3.63, 3.8) is 0 Å². The first-order chi connectivity index (χ1) is 18.0. The van der Waals surface area contributed by atoms with Crippen LogP contribution in [0.25, 0.3) is 10.4 Å². The SMILES string of the molecule is CCCOC(=O)[C@H](C)NP(=O)(OC[C@H]1O[C@@H](n2ccc(=O)[nH]c2=O)[C@](C)(N=[N+]=[N-])[C@@H]1O)Oc1ccccc1. The molecule has 0 amide bonds. The molecule has 206 valence electrons. The van der Waals surface area contributed by atoms with Gasteiger partial charge in [-0.15, -0.1) is 0 Å². The number of carbonyl (C=O) groups is 1. The van der Waals surface area contributed by atoms with Crippen LogP contribution < -0.4 is 20.9 Å². The monoisotopic (exact) mass is 552 g/mol. The van der Waals surface area contributed by atoms with Gasteiger partial charge in [0.1, 0.15) is 23.4 Å². The van der Waals surface area contributed by atoms with Crippen molar-refractivity contribution in [1.82, 2.24) is 14.6 Å². The van der Waals surface area contributed by atoms with E-state index in [1.807, 2.05) is 6.92 Å². The number of nitrogens with one attached hydrogen (secondary N) is 2. The summed E-state index contributed by atoms with van der Waals surface area (Å²) in [7, 11) is -4.29. The number of carbonyl (C=O) groups excluding carboxylic acids is 1. The molecule has 15 nitrogen and oxygen atoms in total. The van der Waals surface area contributed by atoms with Gasteiger partial charge in [0.25, 0.3) is 5.56 Å². The van der Waals surface area contributed by atoms with E-state index in [-0.39, 0.29) is 12.4 Å². The van der Waals surface area contributed by atoms with Crippen LogP contribution in [0.2, 0.25) is 0 Å². The Bertz CT molecular complexity index is 1330. The standard InChI is InChI=1S/C22H29N6O9P/c1-4-12-34-19(31)14(2)25-38(33,37-15-8-6-5-7-9-15)35-13-16-18(30)22(3,26-27-23)20(36-16)28-11-10-17(29)24-21(28)32/h5-11,14,16,18,20,30H,4,12-13H2,1-3H3,(H,25,33)(H,24,29,32)/t14-,16+,18+,20+,22+,38?/m0/s1. The zero-order chi connectivity index (χ0) is 27.9. The molecule has 1 aromatic heterocycles. The Hall–Kier alpha value is -3.45. The van der Waals surface area contributed by atoms with E-state index in [9.17, 15) is 24.1 Å². The van der Waals surface area contributed by atoms with Crippen molar-refractivity contribution in [2.45, 2.75) is 57.2 Å². The van der Waals surface area contributed by atoms with Crippen LogP contribution in [0.4, 0.5) is 0 Å². The van der Waals surface area contributed by atoms with Crippen LogP contribution >= 0.6 is 7.75 Å². The normalized spacial score (nSPS) is 25.1. The molecule has 1 unspecified atom stereocenters. The van der Waals surface area contributed by atoms with Crippen molar-refractivity contribution in [2.24, 2.45) is 5.11 Å². The van der Waals surface area contributed by atoms with Crippen molar-refractivity contribution in [1.29, 1.82) is 0 Å². The quantitative estimate of drug-likeness (QED) is 0.115. The van der Waals surface area contributed by atoms with Gasteiger partial charge in [0.05, 0.1) is 19.3 Å². The number of hydrogen-bond donors (Lipinski definition) is 3. The molecule has 0 spiro atoms. The number of aromatic nitrogens is 2. The van der Waals surface area contributed by atoms with E-state index in [1.54, 1.807) is 18.2 Å². The smallest absolute Gasteiger partial charge is 0.459 e. The lowest BCUT2D eigenvalue weighted by atomic mass is 9.93. The summed E-state index contributed by atoms with van der Waals surface area (Å²) in [5.41, 5.74) is 5.86. The molecular weight excluding hydrogens is 523 g/mol. The molecule has 2 aromatic rings. The van der Waals surface area contributed by atoms with E-state index < -0.39 is 61.6 Å². The molecule has 6 atom stereocenters. The third-order valence-electron chi connectivity index (χ3n) is 5.65. The van der Waals surface area contributed by atoms with Crippen molar-refractivity contribution < 1.29 is 33.0 Å². The molecule has 1 fully saturated rings. The zero-order valence-electron chi connectivity index (χ0n) is 20.9. The molecule has 0 radical (unpaired) electrons. The Morgan fingerprint density at radius 1 is 1.37 bits per heavy atom. The summed E-state index contributed by atoms with van der Waals surface area (Å²) < 4.78 is 36.7. The fourth-order valence-electron chi connectivity index (χ4n) is 3.69. The number of rotatable bonds is 12. The first-order valence-corrected chi connectivity index (χ1v) is 13.2. The Kier molecular flexibility index (Phi) is 9.50. The van der Waals surface area contributed by atoms with Crippen LogP contribution in [0.15, 0.2) is 57.3 Å². The number of aliphatic hydroxyl groups excluding tert-OH is 1. The van der Waals surface area contributed by atoms with E-state index in [4.69, 9.17) is 24.1 Å². The zero-order valence-corrected chi connectivity index (χ0v) is 21.8. The minimum absolute atomic E-state index is 0.168. The number of aliphatic hydroxyl groups is 1. The van der Waals surface area contributed by atoms with Gasteiger partial charge in [-0.1, -0.05) is 30.2 Å². The number of hydrogen-bond acceptors (Lipinski definition) is 10. The van der Waals surface area contributed by atoms with Crippen LogP contribution in [0, 0.1) is 0 Å². The predicted molar refractivity (Wildman–Crippen MR) is 133 cm³/mol. The summed E-state index contributed by atoms with van der Waals surface area (Å²) in [4.78, 5) is 41.0. The van der Waals surface area contributed by atoms with E-state index >= 15 is 0 Å². The lowest BCUT2D eigenvalue weighted by Crippen LogP contribution is -2.45. The lowest BCUT2D eigenvalue weighted by Gasteiger charge is -2.28. The maximum atomic E-state index is 13.7. The van der Waals surface area contributed by atoms with Gasteiger partial charge < -0.3 is 19.1 Å². The summed E-state index contributed by atoms with van der Waals surface area (Å²) in [5.74, 6) is -0.514. The lowest BCUT2D eigenvalue weighted by molar-refractivity contribution is -0.145. The van der Waals surface area contributed by atoms with Gasteiger partial charge >= 0.3 is 19.4 Å². The maximum Gasteiger partial charge on any atom is 0.459 e. The number of benzene rings is 1. The first-order valence-electron chi connectivity index (χ1n) is 11.7. The molecule has 38 heavy (non-hydrogen) atoms. The Morgan fingerprint density at radius 3 is 2.71 bits per heavy atom. The van der Waals surface area contributed by atoms with E-state index in [2.05, 4.69) is 20.1 Å². The molecular formula is C22H29N6O9P. The summed E-state index contributed by atoms with van der Waals surface area (Å²) in [5, 5.41) is 17.1. The molecule has 2 heterocycles. The van der Waals surface area contributed by atoms with Crippen molar-refractivity contribution >= 4 is 13.7 Å². The highest BCUT2D eigenvalue weighted by Crippen LogP contribution is 2.47. The highest BCUT2D eigenvalue weighted by Gasteiger charge is 2.55. The van der Waals surface area contributed by atoms with E-state index in [0.29, 0.717) is 6.42 Å². The average molecular weight is 552 g/mol. The van der Waals surface area contributed by atoms with Crippen LogP contribution in [-0.4, -0.2) is 57.6 Å². The number of nitrogens with zero attached hydrogens (tertiary/aromatic N) is 4. The first kappa shape index (κ1) is 29.1. The van der Waals surface area contributed by atoms with Crippen molar-refractivity contribution in [2.75, 3.05) is 13.2 Å². The molecule has 1 saturated heterocycles. The van der Waals surface area contributed by atoms with Gasteiger partial charge in [-0.05, 0) is 37.9 Å². The summed E-state index contributed by atoms with van der Waals surface area (Å²) in [6, 6.07) is 8.01. The maximum absolute atomic E-state index is 13.7. The molecule has 1 aromatic carbocycles. The highest BCUT2D eigenvalue weighted by atomic mass is 31.2. The van der Waals surface area contributed by atoms with Gasteiger partial charge in [0.15, 0.2) is 6.23 Å². The molecule has 0 saturated carbocycles. The number of azide groups is 1. The Morgan fingerprint density at radius 2 is 2.08 bits per heavy atom. The molecule has 1 aliphatic heterocycles. The van der Waals surface area contributed by atoms with Crippen LogP contribution in [0.5, 0.6) is 5.75 Å². The van der Waals surface area contributed by atoms with Gasteiger partial charge in [0, 0.05) is 17.2 Å². The molecule has 3 rings (SSSR count). The summed E-state index contributed by atoms with van der Waals surface area (Å²) in [6.07, 6.45) is -2.45. The Labute approximate surface area is 216 Å². The summed E-state index contributed by atoms with van der Waals surface area (Å²) in [6.45, 7) is 4.19. The summed E-state index contributed by atoms with van der Waals surface area (Å²) >= 11 is 0. The molecule has 0 bridgehead atoms. The highest BCUT2D eigenvalue weighted by molar-refractivity contribution is 7.52. The van der Waals surface area contributed by atoms with Crippen LogP contribution in [0.1, 0.15) is 33.4 Å². The van der Waals surface area contributed by atoms with Crippen molar-refractivity contribution in [3.05, 3.63) is 73.9 Å². The van der Waals surface area contributed by atoms with Gasteiger partial charge in [-0.3, -0.25) is 23.7 Å². The molecule has 1 aliphatic rings. The second-order valence-electron chi connectivity index (χ2n) is 8.62. The molecule has 0 aliphatic carbocycles. The average Bonchev–Trinajstić information content (AvgIpc) is 3.11. The van der Waals surface area contributed by atoms with Gasteiger partial charge in [0.2, 0.25) is 0 Å². The fraction of sp³-hybridized carbons (Fsp3) is 0.500. The van der Waals surface area contributed by atoms with Crippen LogP contribution in [0.3, 0.4) is 0 Å². The predicted octanol–water partition coefficient (Wildman–Crippen LogP) is 2.00. The Balaban J connectivity index is 1.85. The number of ether oxygens (including phenoxy) is 2. The third kappa shape index (κ3) is 6.70. The molecule has 16 heteroatoms. The fourth-order valence-corrected chi connectivity index (χ4v) is 5.20.